The molecular formula is C14H27N3O. The van der Waals surface area contributed by atoms with E-state index < -0.39 is 0 Å². The lowest BCUT2D eigenvalue weighted by molar-refractivity contribution is 0.0264. The molecule has 0 aromatic rings. The maximum Gasteiger partial charge on any atom is 0.193 e. The summed E-state index contributed by atoms with van der Waals surface area (Å²) in [6, 6.07) is 0. The normalized spacial score (nSPS) is 18.6. The summed E-state index contributed by atoms with van der Waals surface area (Å²) < 4.78 is 5.66. The Labute approximate surface area is 111 Å². The summed E-state index contributed by atoms with van der Waals surface area (Å²) in [5, 5.41) is 3.40. The first-order valence-electron chi connectivity index (χ1n) is 7.00. The number of likely N-dealkylation sites (tertiary alicyclic amines) is 1. The average molecular weight is 253 g/mol. The minimum absolute atomic E-state index is 0.437. The molecule has 1 aliphatic heterocycles. The molecule has 0 atom stereocenters. The van der Waals surface area contributed by atoms with Crippen LogP contribution >= 0.6 is 0 Å². The van der Waals surface area contributed by atoms with E-state index in [0.717, 1.165) is 51.5 Å². The van der Waals surface area contributed by atoms with Gasteiger partial charge in [-0.3, -0.25) is 4.99 Å². The maximum atomic E-state index is 5.66. The number of nitrogens with one attached hydrogen (secondary N) is 1. The van der Waals surface area contributed by atoms with Gasteiger partial charge in [0.05, 0.1) is 6.10 Å². The number of aliphatic imine (C=N–C) groups is 1. The molecule has 1 N–H and O–H groups in total. The van der Waals surface area contributed by atoms with Crippen LogP contribution in [-0.2, 0) is 4.74 Å². The van der Waals surface area contributed by atoms with Gasteiger partial charge in [-0.15, -0.1) is 0 Å². The molecule has 1 heterocycles. The van der Waals surface area contributed by atoms with Crippen LogP contribution in [0.25, 0.3) is 0 Å². The summed E-state index contributed by atoms with van der Waals surface area (Å²) in [6.45, 7) is 7.95. The number of ether oxygens (including phenoxy) is 1. The topological polar surface area (TPSA) is 36.9 Å². The molecule has 0 saturated carbocycles. The molecule has 18 heavy (non-hydrogen) atoms. The lowest BCUT2D eigenvalue weighted by Crippen LogP contribution is -2.47. The zero-order valence-electron chi connectivity index (χ0n) is 12.0. The van der Waals surface area contributed by atoms with Crippen LogP contribution in [0, 0.1) is 0 Å². The minimum atomic E-state index is 0.437. The molecule has 1 aliphatic rings. The Morgan fingerprint density at radius 3 is 2.72 bits per heavy atom. The van der Waals surface area contributed by atoms with E-state index in [1.54, 1.807) is 0 Å². The number of piperidine rings is 1. The second kappa shape index (κ2) is 8.97. The molecule has 0 aromatic carbocycles. The Morgan fingerprint density at radius 2 is 2.17 bits per heavy atom. The standard InChI is InChI=1S/C14H27N3O/c1-4-6-7-10-16-14(15-3)17-11-8-13(9-12-17)18-5-2/h4,6,13H,5,7-12H2,1-3H3,(H,15,16). The van der Waals surface area contributed by atoms with Crippen LogP contribution in [-0.4, -0.2) is 50.3 Å². The summed E-state index contributed by atoms with van der Waals surface area (Å²) in [6.07, 6.45) is 7.93. The second-order valence-corrected chi connectivity index (χ2v) is 4.47. The van der Waals surface area contributed by atoms with Gasteiger partial charge in [0, 0.05) is 33.3 Å². The monoisotopic (exact) mass is 253 g/mol. The van der Waals surface area contributed by atoms with E-state index in [2.05, 4.69) is 34.3 Å². The Balaban J connectivity index is 2.30. The first-order valence-corrected chi connectivity index (χ1v) is 7.00. The summed E-state index contributed by atoms with van der Waals surface area (Å²) in [5.74, 6) is 1.02. The lowest BCUT2D eigenvalue weighted by atomic mass is 10.1. The van der Waals surface area contributed by atoms with Crippen LogP contribution in [0.3, 0.4) is 0 Å². The average Bonchev–Trinajstić information content (AvgIpc) is 2.41. The van der Waals surface area contributed by atoms with Gasteiger partial charge in [0.15, 0.2) is 5.96 Å². The van der Waals surface area contributed by atoms with Crippen molar-refractivity contribution in [2.24, 2.45) is 4.99 Å². The first kappa shape index (κ1) is 15.0. The van der Waals surface area contributed by atoms with Crippen molar-refractivity contribution >= 4 is 5.96 Å². The van der Waals surface area contributed by atoms with Crippen molar-refractivity contribution in [2.75, 3.05) is 33.3 Å². The Hall–Kier alpha value is -1.03. The molecule has 0 aliphatic carbocycles. The van der Waals surface area contributed by atoms with Gasteiger partial charge in [0.2, 0.25) is 0 Å². The number of rotatable bonds is 5. The number of hydrogen-bond acceptors (Lipinski definition) is 2. The predicted octanol–water partition coefficient (Wildman–Crippen LogP) is 2.03. The number of nitrogens with zero attached hydrogens (tertiary/aromatic N) is 2. The van der Waals surface area contributed by atoms with Gasteiger partial charge < -0.3 is 15.0 Å². The smallest absolute Gasteiger partial charge is 0.193 e. The highest BCUT2D eigenvalue weighted by atomic mass is 16.5. The Kier molecular flexibility index (Phi) is 7.49. The molecule has 104 valence electrons. The highest BCUT2D eigenvalue weighted by Gasteiger charge is 2.21. The maximum absolute atomic E-state index is 5.66. The van der Waals surface area contributed by atoms with Crippen molar-refractivity contribution in [2.45, 2.75) is 39.2 Å². The molecule has 0 aromatic heterocycles. The van der Waals surface area contributed by atoms with Crippen LogP contribution in [0.5, 0.6) is 0 Å². The van der Waals surface area contributed by atoms with Crippen molar-refractivity contribution in [3.05, 3.63) is 12.2 Å². The molecule has 0 bridgehead atoms. The van der Waals surface area contributed by atoms with E-state index in [9.17, 15) is 0 Å². The molecular weight excluding hydrogens is 226 g/mol. The molecule has 0 radical (unpaired) electrons. The van der Waals surface area contributed by atoms with Crippen LogP contribution in [0.1, 0.15) is 33.1 Å². The van der Waals surface area contributed by atoms with E-state index in [4.69, 9.17) is 4.74 Å². The number of hydrogen-bond donors (Lipinski definition) is 1. The van der Waals surface area contributed by atoms with Gasteiger partial charge in [0.1, 0.15) is 0 Å². The molecule has 1 fully saturated rings. The fraction of sp³-hybridized carbons (Fsp3) is 0.786. The van der Waals surface area contributed by atoms with Crippen LogP contribution in [0.15, 0.2) is 17.1 Å². The SMILES string of the molecule is CC=CCCNC(=NC)N1CCC(OCC)CC1. The van der Waals surface area contributed by atoms with Gasteiger partial charge in [-0.05, 0) is 33.1 Å². The molecule has 0 spiro atoms. The summed E-state index contributed by atoms with van der Waals surface area (Å²) in [7, 11) is 1.85. The first-order chi connectivity index (χ1) is 8.81. The minimum Gasteiger partial charge on any atom is -0.378 e. The van der Waals surface area contributed by atoms with Gasteiger partial charge in [-0.2, -0.15) is 0 Å². The van der Waals surface area contributed by atoms with E-state index in [1.165, 1.54) is 0 Å². The summed E-state index contributed by atoms with van der Waals surface area (Å²) in [4.78, 5) is 6.67. The molecule has 4 heteroatoms. The third-order valence-corrected chi connectivity index (χ3v) is 3.19. The molecule has 4 nitrogen and oxygen atoms in total. The quantitative estimate of drug-likeness (QED) is 0.352. The highest BCUT2D eigenvalue weighted by molar-refractivity contribution is 5.79. The Morgan fingerprint density at radius 1 is 1.44 bits per heavy atom. The zero-order chi connectivity index (χ0) is 13.2. The molecule has 0 amide bonds. The van der Waals surface area contributed by atoms with Crippen molar-refractivity contribution in [1.82, 2.24) is 10.2 Å². The predicted molar refractivity (Wildman–Crippen MR) is 77.0 cm³/mol. The lowest BCUT2D eigenvalue weighted by Gasteiger charge is -2.34. The number of guanidine groups is 1. The Bertz CT molecular complexity index is 268. The zero-order valence-corrected chi connectivity index (χ0v) is 12.0. The fourth-order valence-corrected chi connectivity index (χ4v) is 2.24. The van der Waals surface area contributed by atoms with E-state index in [-0.39, 0.29) is 0 Å². The van der Waals surface area contributed by atoms with Crippen LogP contribution in [0.4, 0.5) is 0 Å². The number of allylic oxidation sites excluding steroid dienone is 1. The van der Waals surface area contributed by atoms with Crippen molar-refractivity contribution < 1.29 is 4.74 Å². The second-order valence-electron chi connectivity index (χ2n) is 4.47. The highest BCUT2D eigenvalue weighted by Crippen LogP contribution is 2.13. The van der Waals surface area contributed by atoms with Gasteiger partial charge in [0.25, 0.3) is 0 Å². The van der Waals surface area contributed by atoms with Gasteiger partial charge >= 0.3 is 0 Å². The van der Waals surface area contributed by atoms with Crippen LogP contribution < -0.4 is 5.32 Å². The van der Waals surface area contributed by atoms with Gasteiger partial charge in [-0.1, -0.05) is 12.2 Å². The largest absolute Gasteiger partial charge is 0.378 e. The molecule has 1 saturated heterocycles. The van der Waals surface area contributed by atoms with Crippen molar-refractivity contribution in [3.63, 3.8) is 0 Å². The molecule has 1 rings (SSSR count). The van der Waals surface area contributed by atoms with E-state index >= 15 is 0 Å². The van der Waals surface area contributed by atoms with Crippen molar-refractivity contribution in [1.29, 1.82) is 0 Å². The van der Waals surface area contributed by atoms with E-state index in [0.29, 0.717) is 6.10 Å². The fourth-order valence-electron chi connectivity index (χ4n) is 2.24. The van der Waals surface area contributed by atoms with E-state index in [1.807, 2.05) is 14.0 Å². The molecule has 0 unspecified atom stereocenters. The third kappa shape index (κ3) is 5.08. The summed E-state index contributed by atoms with van der Waals surface area (Å²) in [5.41, 5.74) is 0. The third-order valence-electron chi connectivity index (χ3n) is 3.19. The van der Waals surface area contributed by atoms with Crippen LogP contribution in [0.2, 0.25) is 0 Å². The van der Waals surface area contributed by atoms with Crippen molar-refractivity contribution in [3.8, 4) is 0 Å². The van der Waals surface area contributed by atoms with Gasteiger partial charge in [-0.25, -0.2) is 0 Å². The summed E-state index contributed by atoms with van der Waals surface area (Å²) >= 11 is 0.